The molecule has 0 rings (SSSR count). The molecular formula is C17H29NO3. The summed E-state index contributed by atoms with van der Waals surface area (Å²) in [6, 6.07) is 0.204. The summed E-state index contributed by atoms with van der Waals surface area (Å²) in [7, 11) is 0. The van der Waals surface area contributed by atoms with Gasteiger partial charge in [0, 0.05) is 18.4 Å². The molecule has 0 aliphatic carbocycles. The molecule has 1 unspecified atom stereocenters. The molecule has 0 saturated carbocycles. The molecule has 0 aliphatic heterocycles. The van der Waals surface area contributed by atoms with Crippen molar-refractivity contribution < 1.29 is 14.3 Å². The van der Waals surface area contributed by atoms with Crippen molar-refractivity contribution in [2.24, 2.45) is 5.92 Å². The van der Waals surface area contributed by atoms with Gasteiger partial charge in [0.25, 0.3) is 0 Å². The van der Waals surface area contributed by atoms with E-state index in [1.807, 2.05) is 27.7 Å². The maximum atomic E-state index is 12.1. The highest BCUT2D eigenvalue weighted by Crippen LogP contribution is 2.11. The van der Waals surface area contributed by atoms with E-state index in [1.54, 1.807) is 0 Å². The van der Waals surface area contributed by atoms with E-state index in [2.05, 4.69) is 11.2 Å². The zero-order valence-electron chi connectivity index (χ0n) is 13.8. The van der Waals surface area contributed by atoms with Crippen LogP contribution >= 0.6 is 0 Å². The Morgan fingerprint density at radius 3 is 2.33 bits per heavy atom. The summed E-state index contributed by atoms with van der Waals surface area (Å²) in [6.07, 6.45) is 8.82. The van der Waals surface area contributed by atoms with Crippen molar-refractivity contribution in [3.8, 4) is 12.3 Å². The summed E-state index contributed by atoms with van der Waals surface area (Å²) < 4.78 is 4.80. The first-order valence-corrected chi connectivity index (χ1v) is 7.77. The van der Waals surface area contributed by atoms with E-state index in [0.29, 0.717) is 6.42 Å². The maximum Gasteiger partial charge on any atom is 0.306 e. The van der Waals surface area contributed by atoms with Crippen LogP contribution in [0.15, 0.2) is 0 Å². The van der Waals surface area contributed by atoms with Crippen LogP contribution in [-0.2, 0) is 14.3 Å². The first-order valence-electron chi connectivity index (χ1n) is 7.77. The van der Waals surface area contributed by atoms with E-state index >= 15 is 0 Å². The molecule has 0 aromatic heterocycles. The molecule has 21 heavy (non-hydrogen) atoms. The summed E-state index contributed by atoms with van der Waals surface area (Å²) >= 11 is 0. The van der Waals surface area contributed by atoms with Gasteiger partial charge in [0.1, 0.15) is 0 Å². The third-order valence-corrected chi connectivity index (χ3v) is 3.14. The zero-order chi connectivity index (χ0) is 16.3. The standard InChI is InChI=1S/C17H29NO3/c1-6-12-21-16(19)11-9-7-8-10-15(18-14(4)5)17(20)13(2)3/h1,13-15,18H,7-12H2,2-5H3. The first kappa shape index (κ1) is 19.7. The lowest BCUT2D eigenvalue weighted by molar-refractivity contribution is -0.142. The molecule has 0 spiro atoms. The van der Waals surface area contributed by atoms with Crippen LogP contribution in [-0.4, -0.2) is 30.4 Å². The van der Waals surface area contributed by atoms with E-state index in [4.69, 9.17) is 11.2 Å². The van der Waals surface area contributed by atoms with Crippen LogP contribution in [0.4, 0.5) is 0 Å². The Labute approximate surface area is 129 Å². The van der Waals surface area contributed by atoms with E-state index in [0.717, 1.165) is 25.7 Å². The lowest BCUT2D eigenvalue weighted by Gasteiger charge is -2.21. The molecule has 4 heteroatoms. The molecule has 0 bridgehead atoms. The van der Waals surface area contributed by atoms with Gasteiger partial charge in [0.05, 0.1) is 6.04 Å². The van der Waals surface area contributed by atoms with Gasteiger partial charge in [-0.15, -0.1) is 6.42 Å². The predicted octanol–water partition coefficient (Wildman–Crippen LogP) is 2.71. The number of Topliss-reactive ketones (excluding diaryl/α,β-unsaturated/α-hetero) is 1. The Kier molecular flexibility index (Phi) is 10.6. The van der Waals surface area contributed by atoms with Crippen molar-refractivity contribution in [3.05, 3.63) is 0 Å². The molecule has 0 saturated heterocycles. The SMILES string of the molecule is C#CCOC(=O)CCCCCC(NC(C)C)C(=O)C(C)C. The minimum absolute atomic E-state index is 0.0417. The lowest BCUT2D eigenvalue weighted by Crippen LogP contribution is -2.42. The fraction of sp³-hybridized carbons (Fsp3) is 0.765. The number of ketones is 1. The number of terminal acetylenes is 1. The van der Waals surface area contributed by atoms with Crippen molar-refractivity contribution in [2.75, 3.05) is 6.61 Å². The van der Waals surface area contributed by atoms with Crippen LogP contribution in [0.1, 0.15) is 59.8 Å². The molecule has 0 aromatic carbocycles. The number of carbonyl (C=O) groups excluding carboxylic acids is 2. The number of carbonyl (C=O) groups is 2. The fourth-order valence-corrected chi connectivity index (χ4v) is 2.10. The van der Waals surface area contributed by atoms with Crippen molar-refractivity contribution in [1.82, 2.24) is 5.32 Å². The second-order valence-corrected chi connectivity index (χ2v) is 5.90. The number of hydrogen-bond donors (Lipinski definition) is 1. The Hall–Kier alpha value is -1.34. The summed E-state index contributed by atoms with van der Waals surface area (Å²) in [6.45, 7) is 7.99. The summed E-state index contributed by atoms with van der Waals surface area (Å²) in [5.74, 6) is 2.32. The van der Waals surface area contributed by atoms with Crippen LogP contribution < -0.4 is 5.32 Å². The highest BCUT2D eigenvalue weighted by atomic mass is 16.5. The van der Waals surface area contributed by atoms with Crippen LogP contribution in [0.25, 0.3) is 0 Å². The average molecular weight is 295 g/mol. The quantitative estimate of drug-likeness (QED) is 0.362. The van der Waals surface area contributed by atoms with Gasteiger partial charge in [0.15, 0.2) is 12.4 Å². The minimum Gasteiger partial charge on any atom is -0.452 e. The lowest BCUT2D eigenvalue weighted by atomic mass is 9.96. The molecule has 1 atom stereocenters. The van der Waals surface area contributed by atoms with Gasteiger partial charge in [-0.1, -0.05) is 46.5 Å². The van der Waals surface area contributed by atoms with E-state index < -0.39 is 0 Å². The number of unbranched alkanes of at least 4 members (excludes halogenated alkanes) is 2. The van der Waals surface area contributed by atoms with Crippen molar-refractivity contribution in [1.29, 1.82) is 0 Å². The fourth-order valence-electron chi connectivity index (χ4n) is 2.10. The minimum atomic E-state index is -0.247. The van der Waals surface area contributed by atoms with Gasteiger partial charge in [-0.2, -0.15) is 0 Å². The summed E-state index contributed by atoms with van der Waals surface area (Å²) in [4.78, 5) is 23.4. The number of nitrogens with one attached hydrogen (secondary N) is 1. The molecule has 0 amide bonds. The second kappa shape index (κ2) is 11.3. The van der Waals surface area contributed by atoms with Gasteiger partial charge in [-0.05, 0) is 12.8 Å². The second-order valence-electron chi connectivity index (χ2n) is 5.90. The van der Waals surface area contributed by atoms with Crippen molar-refractivity contribution in [3.63, 3.8) is 0 Å². The normalized spacial score (nSPS) is 12.2. The molecule has 120 valence electrons. The van der Waals surface area contributed by atoms with E-state index in [-0.39, 0.29) is 36.4 Å². The molecule has 4 nitrogen and oxygen atoms in total. The molecule has 0 heterocycles. The third-order valence-electron chi connectivity index (χ3n) is 3.14. The third kappa shape index (κ3) is 10.1. The molecule has 0 radical (unpaired) electrons. The predicted molar refractivity (Wildman–Crippen MR) is 84.8 cm³/mol. The Balaban J connectivity index is 3.96. The molecule has 0 aliphatic rings. The van der Waals surface area contributed by atoms with Crippen LogP contribution in [0.5, 0.6) is 0 Å². The maximum absolute atomic E-state index is 12.1. The van der Waals surface area contributed by atoms with Gasteiger partial charge >= 0.3 is 5.97 Å². The number of ether oxygens (including phenoxy) is 1. The van der Waals surface area contributed by atoms with E-state index in [1.165, 1.54) is 0 Å². The van der Waals surface area contributed by atoms with Gasteiger partial charge < -0.3 is 10.1 Å². The van der Waals surface area contributed by atoms with Gasteiger partial charge in [-0.3, -0.25) is 9.59 Å². The van der Waals surface area contributed by atoms with Crippen molar-refractivity contribution >= 4 is 11.8 Å². The monoisotopic (exact) mass is 295 g/mol. The van der Waals surface area contributed by atoms with Gasteiger partial charge in [-0.25, -0.2) is 0 Å². The largest absolute Gasteiger partial charge is 0.452 e. The smallest absolute Gasteiger partial charge is 0.306 e. The van der Waals surface area contributed by atoms with E-state index in [9.17, 15) is 9.59 Å². The highest BCUT2D eigenvalue weighted by Gasteiger charge is 2.21. The molecular weight excluding hydrogens is 266 g/mol. The van der Waals surface area contributed by atoms with Crippen LogP contribution in [0.3, 0.4) is 0 Å². The first-order chi connectivity index (χ1) is 9.88. The molecule has 1 N–H and O–H groups in total. The Bertz CT molecular complexity index is 356. The topological polar surface area (TPSA) is 55.4 Å². The number of esters is 1. The average Bonchev–Trinajstić information content (AvgIpc) is 2.42. The summed E-state index contributed by atoms with van der Waals surface area (Å²) in [5, 5.41) is 3.33. The zero-order valence-corrected chi connectivity index (χ0v) is 13.8. The molecule has 0 fully saturated rings. The Morgan fingerprint density at radius 1 is 1.14 bits per heavy atom. The summed E-state index contributed by atoms with van der Waals surface area (Å²) in [5.41, 5.74) is 0. The van der Waals surface area contributed by atoms with Crippen LogP contribution in [0, 0.1) is 18.3 Å². The highest BCUT2D eigenvalue weighted by molar-refractivity contribution is 5.85. The van der Waals surface area contributed by atoms with Crippen LogP contribution in [0.2, 0.25) is 0 Å². The van der Waals surface area contributed by atoms with Crippen molar-refractivity contribution in [2.45, 2.75) is 71.9 Å². The van der Waals surface area contributed by atoms with Gasteiger partial charge in [0.2, 0.25) is 0 Å². The Morgan fingerprint density at radius 2 is 1.81 bits per heavy atom. The number of hydrogen-bond acceptors (Lipinski definition) is 4. The number of rotatable bonds is 11. The molecule has 0 aromatic rings.